The van der Waals surface area contributed by atoms with Crippen LogP contribution in [0.1, 0.15) is 11.5 Å². The number of carbonyl (C=O) groups is 1. The van der Waals surface area contributed by atoms with Gasteiger partial charge in [-0.15, -0.1) is 0 Å². The third-order valence-electron chi connectivity index (χ3n) is 2.80. The summed E-state index contributed by atoms with van der Waals surface area (Å²) in [6, 6.07) is 3.84. The van der Waals surface area contributed by atoms with E-state index in [0.29, 0.717) is 19.0 Å². The van der Waals surface area contributed by atoms with Gasteiger partial charge in [0.25, 0.3) is 0 Å². The van der Waals surface area contributed by atoms with Gasteiger partial charge >= 0.3 is 0 Å². The van der Waals surface area contributed by atoms with Crippen LogP contribution in [-0.2, 0) is 14.6 Å². The Balaban J connectivity index is 1.89. The highest BCUT2D eigenvalue weighted by Gasteiger charge is 2.32. The van der Waals surface area contributed by atoms with Crippen LogP contribution >= 0.6 is 0 Å². The Morgan fingerprint density at radius 2 is 2.00 bits per heavy atom. The fraction of sp³-hybridized carbons (Fsp3) is 0.455. The molecule has 1 amide bonds. The molecule has 6 heteroatoms. The molecule has 0 aliphatic carbocycles. The van der Waals surface area contributed by atoms with E-state index in [0.717, 1.165) is 11.8 Å². The van der Waals surface area contributed by atoms with Gasteiger partial charge in [0.15, 0.2) is 9.84 Å². The summed E-state index contributed by atoms with van der Waals surface area (Å²) in [5.41, 5.74) is 1.14. The highest BCUT2D eigenvalue weighted by molar-refractivity contribution is 7.91. The molecular weight excluding hydrogens is 240 g/mol. The predicted molar refractivity (Wildman–Crippen MR) is 63.3 cm³/mol. The number of aromatic nitrogens is 1. The Kier molecular flexibility index (Phi) is 3.15. The first-order valence-corrected chi connectivity index (χ1v) is 7.37. The largest absolute Gasteiger partial charge is 0.340 e. The molecule has 17 heavy (non-hydrogen) atoms. The minimum atomic E-state index is -3.23. The fourth-order valence-corrected chi connectivity index (χ4v) is 2.48. The fourth-order valence-electron chi connectivity index (χ4n) is 1.84. The maximum Gasteiger partial charge on any atom is 0.237 e. The van der Waals surface area contributed by atoms with E-state index in [4.69, 9.17) is 0 Å². The molecule has 1 aliphatic rings. The topological polar surface area (TPSA) is 67.3 Å². The summed E-state index contributed by atoms with van der Waals surface area (Å²) in [6.07, 6.45) is 4.51. The second-order valence-electron chi connectivity index (χ2n) is 4.35. The van der Waals surface area contributed by atoms with Gasteiger partial charge in [-0.05, 0) is 17.7 Å². The minimum Gasteiger partial charge on any atom is -0.340 e. The smallest absolute Gasteiger partial charge is 0.237 e. The SMILES string of the molecule is CS(=O)(=O)CC(=O)N1CC(c2ccncc2)C1. The van der Waals surface area contributed by atoms with Crippen LogP contribution in [0.15, 0.2) is 24.5 Å². The Morgan fingerprint density at radius 1 is 1.41 bits per heavy atom. The van der Waals surface area contributed by atoms with Gasteiger partial charge in [0.2, 0.25) is 5.91 Å². The van der Waals surface area contributed by atoms with E-state index >= 15 is 0 Å². The quantitative estimate of drug-likeness (QED) is 0.764. The van der Waals surface area contributed by atoms with E-state index in [1.807, 2.05) is 12.1 Å². The first kappa shape index (κ1) is 12.0. The monoisotopic (exact) mass is 254 g/mol. The molecule has 5 nitrogen and oxygen atoms in total. The summed E-state index contributed by atoms with van der Waals surface area (Å²) in [5, 5.41) is 0. The lowest BCUT2D eigenvalue weighted by Gasteiger charge is -2.39. The number of carbonyl (C=O) groups excluding carboxylic acids is 1. The molecule has 2 rings (SSSR count). The average Bonchev–Trinajstić information content (AvgIpc) is 2.14. The van der Waals surface area contributed by atoms with Crippen molar-refractivity contribution in [1.29, 1.82) is 0 Å². The number of pyridine rings is 1. The standard InChI is InChI=1S/C11H14N2O3S/c1-17(15,16)8-11(14)13-6-10(7-13)9-2-4-12-5-3-9/h2-5,10H,6-8H2,1H3. The molecule has 1 aromatic heterocycles. The number of nitrogens with zero attached hydrogens (tertiary/aromatic N) is 2. The van der Waals surface area contributed by atoms with Crippen LogP contribution in [-0.4, -0.2) is 49.3 Å². The number of amides is 1. The van der Waals surface area contributed by atoms with Crippen LogP contribution in [0.3, 0.4) is 0 Å². The molecule has 0 atom stereocenters. The van der Waals surface area contributed by atoms with Crippen molar-refractivity contribution in [3.63, 3.8) is 0 Å². The van der Waals surface area contributed by atoms with Gasteiger partial charge in [-0.2, -0.15) is 0 Å². The van der Waals surface area contributed by atoms with Crippen molar-refractivity contribution in [2.24, 2.45) is 0 Å². The summed E-state index contributed by atoms with van der Waals surface area (Å²) in [4.78, 5) is 17.1. The Morgan fingerprint density at radius 3 is 2.53 bits per heavy atom. The third-order valence-corrected chi connectivity index (χ3v) is 3.57. The maximum atomic E-state index is 11.6. The lowest BCUT2D eigenvalue weighted by molar-refractivity contribution is -0.132. The molecule has 0 N–H and O–H groups in total. The highest BCUT2D eigenvalue weighted by atomic mass is 32.2. The first-order valence-electron chi connectivity index (χ1n) is 5.31. The molecule has 1 aromatic rings. The maximum absolute atomic E-state index is 11.6. The van der Waals surface area contributed by atoms with Gasteiger partial charge in [0.1, 0.15) is 5.75 Å². The number of hydrogen-bond acceptors (Lipinski definition) is 4. The van der Waals surface area contributed by atoms with Gasteiger partial charge in [-0.25, -0.2) is 8.42 Å². The van der Waals surface area contributed by atoms with Crippen molar-refractivity contribution in [2.75, 3.05) is 25.1 Å². The molecule has 2 heterocycles. The van der Waals surface area contributed by atoms with Crippen molar-refractivity contribution in [1.82, 2.24) is 9.88 Å². The minimum absolute atomic E-state index is 0.307. The molecule has 1 fully saturated rings. The van der Waals surface area contributed by atoms with Crippen molar-refractivity contribution < 1.29 is 13.2 Å². The zero-order valence-electron chi connectivity index (χ0n) is 9.54. The number of sulfone groups is 1. The third kappa shape index (κ3) is 3.03. The molecule has 0 radical (unpaired) electrons. The van der Waals surface area contributed by atoms with Crippen molar-refractivity contribution in [3.05, 3.63) is 30.1 Å². The van der Waals surface area contributed by atoms with Crippen LogP contribution in [0, 0.1) is 0 Å². The normalized spacial score (nSPS) is 16.6. The molecule has 1 aliphatic heterocycles. The van der Waals surface area contributed by atoms with Crippen molar-refractivity contribution in [3.8, 4) is 0 Å². The lowest BCUT2D eigenvalue weighted by Crippen LogP contribution is -2.50. The molecule has 0 aromatic carbocycles. The van der Waals surface area contributed by atoms with Crippen LogP contribution in [0.5, 0.6) is 0 Å². The Labute approximate surface area is 100 Å². The van der Waals surface area contributed by atoms with Gasteiger partial charge in [0, 0.05) is 37.7 Å². The van der Waals surface area contributed by atoms with Crippen LogP contribution in [0.4, 0.5) is 0 Å². The van der Waals surface area contributed by atoms with Gasteiger partial charge in [0.05, 0.1) is 0 Å². The summed E-state index contributed by atoms with van der Waals surface area (Å²) in [6.45, 7) is 1.19. The summed E-state index contributed by atoms with van der Waals surface area (Å²) >= 11 is 0. The van der Waals surface area contributed by atoms with Crippen LogP contribution in [0.25, 0.3) is 0 Å². The zero-order chi connectivity index (χ0) is 12.5. The highest BCUT2D eigenvalue weighted by Crippen LogP contribution is 2.26. The van der Waals surface area contributed by atoms with E-state index in [1.54, 1.807) is 17.3 Å². The van der Waals surface area contributed by atoms with E-state index < -0.39 is 15.6 Å². The van der Waals surface area contributed by atoms with E-state index in [2.05, 4.69) is 4.98 Å². The van der Waals surface area contributed by atoms with E-state index in [-0.39, 0.29) is 5.91 Å². The molecule has 92 valence electrons. The van der Waals surface area contributed by atoms with Crippen LogP contribution in [0.2, 0.25) is 0 Å². The number of likely N-dealkylation sites (tertiary alicyclic amines) is 1. The average molecular weight is 254 g/mol. The molecule has 0 unspecified atom stereocenters. The number of hydrogen-bond donors (Lipinski definition) is 0. The summed E-state index contributed by atoms with van der Waals surface area (Å²) in [5.74, 6) is -0.393. The van der Waals surface area contributed by atoms with Crippen molar-refractivity contribution in [2.45, 2.75) is 5.92 Å². The number of rotatable bonds is 3. The molecular formula is C11H14N2O3S. The Hall–Kier alpha value is -1.43. The zero-order valence-corrected chi connectivity index (χ0v) is 10.4. The van der Waals surface area contributed by atoms with Gasteiger partial charge in [-0.3, -0.25) is 9.78 Å². The first-order chi connectivity index (χ1) is 7.96. The molecule has 0 saturated carbocycles. The molecule has 0 bridgehead atoms. The van der Waals surface area contributed by atoms with Gasteiger partial charge < -0.3 is 4.90 Å². The second-order valence-corrected chi connectivity index (χ2v) is 6.49. The predicted octanol–water partition coefficient (Wildman–Crippen LogP) is 0.0520. The Bertz CT molecular complexity index is 507. The second kappa shape index (κ2) is 4.44. The van der Waals surface area contributed by atoms with Crippen LogP contribution < -0.4 is 0 Å². The van der Waals surface area contributed by atoms with E-state index in [9.17, 15) is 13.2 Å². The lowest BCUT2D eigenvalue weighted by atomic mass is 9.92. The van der Waals surface area contributed by atoms with Crippen molar-refractivity contribution >= 4 is 15.7 Å². The molecule has 0 spiro atoms. The molecule has 1 saturated heterocycles. The summed E-state index contributed by atoms with van der Waals surface area (Å²) < 4.78 is 22.0. The summed E-state index contributed by atoms with van der Waals surface area (Å²) in [7, 11) is -3.23. The van der Waals surface area contributed by atoms with Gasteiger partial charge in [-0.1, -0.05) is 0 Å². The van der Waals surface area contributed by atoms with E-state index in [1.165, 1.54) is 0 Å².